The molecule has 0 aliphatic heterocycles. The SMILES string of the molecule is CCc1ccc(-c2nc(C)cc(CNCCOC)n2)cc1. The Hall–Kier alpha value is -1.78. The van der Waals surface area contributed by atoms with Gasteiger partial charge >= 0.3 is 0 Å². The smallest absolute Gasteiger partial charge is 0.159 e. The van der Waals surface area contributed by atoms with Crippen molar-refractivity contribution in [2.75, 3.05) is 20.3 Å². The normalized spacial score (nSPS) is 10.8. The first-order valence-corrected chi connectivity index (χ1v) is 7.36. The van der Waals surface area contributed by atoms with Crippen molar-refractivity contribution in [1.29, 1.82) is 0 Å². The van der Waals surface area contributed by atoms with Crippen molar-refractivity contribution in [1.82, 2.24) is 15.3 Å². The number of hydrogen-bond acceptors (Lipinski definition) is 4. The molecule has 112 valence electrons. The van der Waals surface area contributed by atoms with Crippen LogP contribution in [0.1, 0.15) is 23.9 Å². The van der Waals surface area contributed by atoms with Crippen molar-refractivity contribution in [3.63, 3.8) is 0 Å². The quantitative estimate of drug-likeness (QED) is 0.795. The molecule has 0 spiro atoms. The molecule has 4 heteroatoms. The Kier molecular flexibility index (Phi) is 5.84. The second kappa shape index (κ2) is 7.86. The summed E-state index contributed by atoms with van der Waals surface area (Å²) in [6.45, 7) is 6.41. The van der Waals surface area contributed by atoms with E-state index in [-0.39, 0.29) is 0 Å². The number of benzene rings is 1. The van der Waals surface area contributed by atoms with Gasteiger partial charge in [0.15, 0.2) is 5.82 Å². The summed E-state index contributed by atoms with van der Waals surface area (Å²) in [5.74, 6) is 0.793. The predicted octanol–water partition coefficient (Wildman–Crippen LogP) is 2.75. The Morgan fingerprint density at radius 2 is 1.90 bits per heavy atom. The largest absolute Gasteiger partial charge is 0.383 e. The van der Waals surface area contributed by atoms with Gasteiger partial charge < -0.3 is 10.1 Å². The molecular weight excluding hydrogens is 262 g/mol. The van der Waals surface area contributed by atoms with E-state index < -0.39 is 0 Å². The van der Waals surface area contributed by atoms with Crippen LogP contribution in [0.15, 0.2) is 30.3 Å². The van der Waals surface area contributed by atoms with Crippen molar-refractivity contribution < 1.29 is 4.74 Å². The number of nitrogens with zero attached hydrogens (tertiary/aromatic N) is 2. The average molecular weight is 285 g/mol. The van der Waals surface area contributed by atoms with Crippen molar-refractivity contribution in [2.45, 2.75) is 26.8 Å². The molecule has 0 saturated heterocycles. The van der Waals surface area contributed by atoms with E-state index in [0.29, 0.717) is 6.61 Å². The van der Waals surface area contributed by atoms with Gasteiger partial charge in [0, 0.05) is 31.5 Å². The lowest BCUT2D eigenvalue weighted by Crippen LogP contribution is -2.19. The van der Waals surface area contributed by atoms with E-state index in [2.05, 4.69) is 46.5 Å². The number of rotatable bonds is 7. The standard InChI is InChI=1S/C17H23N3O/c1-4-14-5-7-15(8-6-14)17-19-13(2)11-16(20-17)12-18-9-10-21-3/h5-8,11,18H,4,9-10,12H2,1-3H3. The van der Waals surface area contributed by atoms with Crippen molar-refractivity contribution in [3.05, 3.63) is 47.3 Å². The van der Waals surface area contributed by atoms with Gasteiger partial charge in [-0.05, 0) is 25.0 Å². The first-order valence-electron chi connectivity index (χ1n) is 7.36. The van der Waals surface area contributed by atoms with Gasteiger partial charge in [-0.1, -0.05) is 31.2 Å². The minimum atomic E-state index is 0.704. The van der Waals surface area contributed by atoms with Gasteiger partial charge in [-0.15, -0.1) is 0 Å². The van der Waals surface area contributed by atoms with Crippen LogP contribution in [0.5, 0.6) is 0 Å². The second-order valence-corrected chi connectivity index (χ2v) is 5.04. The highest BCUT2D eigenvalue weighted by molar-refractivity contribution is 5.55. The number of ether oxygens (including phenoxy) is 1. The summed E-state index contributed by atoms with van der Waals surface area (Å²) in [5, 5.41) is 3.31. The molecule has 0 saturated carbocycles. The van der Waals surface area contributed by atoms with Crippen LogP contribution in [0, 0.1) is 6.92 Å². The number of aryl methyl sites for hydroxylation is 2. The van der Waals surface area contributed by atoms with Gasteiger partial charge in [0.2, 0.25) is 0 Å². The molecule has 0 bridgehead atoms. The maximum absolute atomic E-state index is 5.02. The molecule has 0 unspecified atom stereocenters. The average Bonchev–Trinajstić information content (AvgIpc) is 2.51. The van der Waals surface area contributed by atoms with Gasteiger partial charge in [0.1, 0.15) is 0 Å². The Balaban J connectivity index is 2.13. The highest BCUT2D eigenvalue weighted by Crippen LogP contribution is 2.17. The third kappa shape index (κ3) is 4.62. The molecule has 2 rings (SSSR count). The van der Waals surface area contributed by atoms with Gasteiger partial charge in [0.05, 0.1) is 12.3 Å². The molecule has 1 aromatic carbocycles. The third-order valence-electron chi connectivity index (χ3n) is 3.32. The fraction of sp³-hybridized carbons (Fsp3) is 0.412. The molecule has 1 N–H and O–H groups in total. The molecule has 21 heavy (non-hydrogen) atoms. The fourth-order valence-electron chi connectivity index (χ4n) is 2.13. The summed E-state index contributed by atoms with van der Waals surface area (Å²) in [6, 6.07) is 10.5. The van der Waals surface area contributed by atoms with Crippen LogP contribution in [0.2, 0.25) is 0 Å². The predicted molar refractivity (Wildman–Crippen MR) is 85.2 cm³/mol. The third-order valence-corrected chi connectivity index (χ3v) is 3.32. The number of aromatic nitrogens is 2. The van der Waals surface area contributed by atoms with E-state index >= 15 is 0 Å². The Morgan fingerprint density at radius 1 is 1.14 bits per heavy atom. The molecule has 1 heterocycles. The monoisotopic (exact) mass is 285 g/mol. The molecule has 1 aromatic heterocycles. The Morgan fingerprint density at radius 3 is 2.57 bits per heavy atom. The van der Waals surface area contributed by atoms with Crippen LogP contribution >= 0.6 is 0 Å². The lowest BCUT2D eigenvalue weighted by atomic mass is 10.1. The van der Waals surface area contributed by atoms with Crippen molar-refractivity contribution in [3.8, 4) is 11.4 Å². The zero-order valence-electron chi connectivity index (χ0n) is 13.0. The summed E-state index contributed by atoms with van der Waals surface area (Å²) in [6.07, 6.45) is 1.05. The van der Waals surface area contributed by atoms with Gasteiger partial charge in [-0.25, -0.2) is 9.97 Å². The summed E-state index contributed by atoms with van der Waals surface area (Å²) in [4.78, 5) is 9.18. The molecule has 2 aromatic rings. The number of hydrogen-bond donors (Lipinski definition) is 1. The van der Waals surface area contributed by atoms with E-state index in [1.54, 1.807) is 7.11 Å². The van der Waals surface area contributed by atoms with E-state index in [1.807, 2.05) is 13.0 Å². The lowest BCUT2D eigenvalue weighted by Gasteiger charge is -2.08. The molecule has 4 nitrogen and oxygen atoms in total. The van der Waals surface area contributed by atoms with Gasteiger partial charge in [-0.3, -0.25) is 0 Å². The second-order valence-electron chi connectivity index (χ2n) is 5.04. The molecule has 0 radical (unpaired) electrons. The zero-order valence-corrected chi connectivity index (χ0v) is 13.0. The minimum Gasteiger partial charge on any atom is -0.383 e. The lowest BCUT2D eigenvalue weighted by molar-refractivity contribution is 0.199. The van der Waals surface area contributed by atoms with Crippen molar-refractivity contribution in [2.24, 2.45) is 0 Å². The zero-order chi connectivity index (χ0) is 15.1. The van der Waals surface area contributed by atoms with E-state index in [4.69, 9.17) is 4.74 Å². The van der Waals surface area contributed by atoms with Crippen LogP contribution in [0.4, 0.5) is 0 Å². The fourth-order valence-corrected chi connectivity index (χ4v) is 2.13. The highest BCUT2D eigenvalue weighted by Gasteiger charge is 2.05. The minimum absolute atomic E-state index is 0.704. The molecule has 0 aliphatic rings. The van der Waals surface area contributed by atoms with Crippen LogP contribution in [0.3, 0.4) is 0 Å². The number of methoxy groups -OCH3 is 1. The Bertz CT molecular complexity index is 567. The van der Waals surface area contributed by atoms with Crippen molar-refractivity contribution >= 4 is 0 Å². The first kappa shape index (κ1) is 15.6. The summed E-state index contributed by atoms with van der Waals surface area (Å²) in [5.41, 5.74) is 4.39. The molecule has 0 aliphatic carbocycles. The van der Waals surface area contributed by atoms with E-state index in [0.717, 1.165) is 42.3 Å². The number of nitrogens with one attached hydrogen (secondary N) is 1. The van der Waals surface area contributed by atoms with Crippen LogP contribution in [-0.4, -0.2) is 30.2 Å². The maximum atomic E-state index is 5.02. The molecule has 0 fully saturated rings. The summed E-state index contributed by atoms with van der Waals surface area (Å²) in [7, 11) is 1.70. The molecular formula is C17H23N3O. The van der Waals surface area contributed by atoms with E-state index in [9.17, 15) is 0 Å². The Labute approximate surface area is 126 Å². The summed E-state index contributed by atoms with van der Waals surface area (Å²) >= 11 is 0. The highest BCUT2D eigenvalue weighted by atomic mass is 16.5. The van der Waals surface area contributed by atoms with Crippen LogP contribution < -0.4 is 5.32 Å². The molecule has 0 amide bonds. The molecule has 0 atom stereocenters. The van der Waals surface area contributed by atoms with Gasteiger partial charge in [0.25, 0.3) is 0 Å². The first-order chi connectivity index (χ1) is 10.2. The van der Waals surface area contributed by atoms with Crippen LogP contribution in [0.25, 0.3) is 11.4 Å². The summed E-state index contributed by atoms with van der Waals surface area (Å²) < 4.78 is 5.02. The van der Waals surface area contributed by atoms with Gasteiger partial charge in [-0.2, -0.15) is 0 Å². The van der Waals surface area contributed by atoms with Crippen LogP contribution in [-0.2, 0) is 17.7 Å². The topological polar surface area (TPSA) is 47.0 Å². The maximum Gasteiger partial charge on any atom is 0.159 e. The van der Waals surface area contributed by atoms with E-state index in [1.165, 1.54) is 5.56 Å².